The molecule has 0 radical (unpaired) electrons. The molecule has 0 unspecified atom stereocenters. The molecule has 246 valence electrons. The van der Waals surface area contributed by atoms with Crippen LogP contribution in [0.3, 0.4) is 0 Å². The van der Waals surface area contributed by atoms with Gasteiger partial charge in [-0.15, -0.1) is 0 Å². The molecule has 47 heavy (non-hydrogen) atoms. The average Bonchev–Trinajstić information content (AvgIpc) is 3.51. The van der Waals surface area contributed by atoms with E-state index in [0.29, 0.717) is 30.8 Å². The number of carbonyl (C=O) groups excluding carboxylic acids is 4. The first-order valence-corrected chi connectivity index (χ1v) is 17.9. The van der Waals surface area contributed by atoms with Crippen molar-refractivity contribution in [3.05, 3.63) is 71.3 Å². The maximum Gasteiger partial charge on any atom is 0.234 e. The number of likely N-dealkylation sites (tertiary alicyclic amines) is 2. The van der Waals surface area contributed by atoms with Crippen molar-refractivity contribution in [1.82, 2.24) is 9.80 Å². The number of carbonyl (C=O) groups is 4. The summed E-state index contributed by atoms with van der Waals surface area (Å²) in [5.74, 6) is -3.03. The molecule has 8 heteroatoms. The van der Waals surface area contributed by atoms with Gasteiger partial charge in [-0.1, -0.05) is 86.6 Å². The first-order valence-electron chi connectivity index (χ1n) is 17.9. The van der Waals surface area contributed by atoms with E-state index in [1.54, 1.807) is 15.9 Å². The molecule has 4 amide bonds. The maximum absolute atomic E-state index is 14.4. The van der Waals surface area contributed by atoms with E-state index in [9.17, 15) is 24.3 Å². The van der Waals surface area contributed by atoms with Crippen molar-refractivity contribution < 1.29 is 29.0 Å². The fraction of sp³-hybridized carbons (Fsp3) is 0.538. The monoisotopic (exact) mass is 636 g/mol. The van der Waals surface area contributed by atoms with Crippen LogP contribution in [0.25, 0.3) is 0 Å². The zero-order valence-corrected chi connectivity index (χ0v) is 26.9. The normalized spacial score (nSPS) is 31.4. The molecule has 2 saturated heterocycles. The van der Waals surface area contributed by atoms with Crippen LogP contribution >= 0.6 is 0 Å². The number of allylic oxidation sites excluding steroid dienone is 2. The van der Waals surface area contributed by atoms with Crippen LogP contribution in [-0.2, 0) is 25.8 Å². The van der Waals surface area contributed by atoms with Crippen LogP contribution in [0.15, 0.2) is 60.2 Å². The zero-order chi connectivity index (χ0) is 32.2. The molecule has 0 bridgehead atoms. The SMILES string of the molecule is O=C1[C@H]2[C@H](CC=C3[C@H]2C[C@H]2C(=O)N(C4CCCCC4)C(=O)[C@H]2[C@H]3c2ccc(OCc3ccccc3)cc2O)C(=O)N1C1CCCCC1. The second-order valence-corrected chi connectivity index (χ2v) is 14.7. The summed E-state index contributed by atoms with van der Waals surface area (Å²) in [5, 5.41) is 11.6. The third kappa shape index (κ3) is 5.10. The van der Waals surface area contributed by atoms with Gasteiger partial charge in [0.2, 0.25) is 23.6 Å². The molecule has 5 fully saturated rings. The molecule has 3 saturated carbocycles. The van der Waals surface area contributed by atoms with Gasteiger partial charge in [-0.3, -0.25) is 29.0 Å². The molecule has 0 spiro atoms. The van der Waals surface area contributed by atoms with Crippen LogP contribution in [0.5, 0.6) is 11.5 Å². The molecule has 4 aliphatic carbocycles. The van der Waals surface area contributed by atoms with Gasteiger partial charge in [0.1, 0.15) is 18.1 Å². The van der Waals surface area contributed by atoms with Crippen molar-refractivity contribution in [2.24, 2.45) is 29.6 Å². The number of benzene rings is 2. The Balaban J connectivity index is 1.15. The van der Waals surface area contributed by atoms with Gasteiger partial charge in [-0.25, -0.2) is 0 Å². The minimum atomic E-state index is -0.646. The number of ether oxygens (including phenoxy) is 1. The predicted molar refractivity (Wildman–Crippen MR) is 174 cm³/mol. The number of imide groups is 2. The number of rotatable bonds is 6. The van der Waals surface area contributed by atoms with Crippen LogP contribution in [0, 0.1) is 29.6 Å². The highest BCUT2D eigenvalue weighted by Gasteiger charge is 2.63. The summed E-state index contributed by atoms with van der Waals surface area (Å²) in [7, 11) is 0. The van der Waals surface area contributed by atoms with Crippen LogP contribution in [-0.4, -0.2) is 50.6 Å². The number of amides is 4. The summed E-state index contributed by atoms with van der Waals surface area (Å²) in [6.45, 7) is 0.348. The minimum Gasteiger partial charge on any atom is -0.508 e. The predicted octanol–water partition coefficient (Wildman–Crippen LogP) is 6.27. The summed E-state index contributed by atoms with van der Waals surface area (Å²) < 4.78 is 6.00. The fourth-order valence-corrected chi connectivity index (χ4v) is 10.0. The Bertz CT molecular complexity index is 1610. The number of phenolic OH excluding ortho intramolecular Hbond substituents is 1. The Labute approximate surface area is 276 Å². The van der Waals surface area contributed by atoms with E-state index in [0.717, 1.165) is 75.3 Å². The van der Waals surface area contributed by atoms with Gasteiger partial charge in [-0.2, -0.15) is 0 Å². The molecular weight excluding hydrogens is 592 g/mol. The number of aromatic hydroxyl groups is 1. The van der Waals surface area contributed by atoms with Gasteiger partial charge in [-0.05, 0) is 56.1 Å². The van der Waals surface area contributed by atoms with Gasteiger partial charge in [0, 0.05) is 29.6 Å². The van der Waals surface area contributed by atoms with Gasteiger partial charge < -0.3 is 9.84 Å². The number of fused-ring (bicyclic) bond motifs is 4. The first-order chi connectivity index (χ1) is 22.9. The number of phenols is 1. The Kier molecular flexibility index (Phi) is 7.93. The molecule has 2 aromatic rings. The molecular formula is C39H44N2O6. The van der Waals surface area contributed by atoms with Crippen LogP contribution in [0.4, 0.5) is 0 Å². The summed E-state index contributed by atoms with van der Waals surface area (Å²) in [4.78, 5) is 59.9. The molecule has 8 rings (SSSR count). The van der Waals surface area contributed by atoms with E-state index in [4.69, 9.17) is 4.74 Å². The number of hydrogen-bond donors (Lipinski definition) is 1. The second-order valence-electron chi connectivity index (χ2n) is 14.7. The molecule has 8 nitrogen and oxygen atoms in total. The molecule has 6 aliphatic rings. The third-order valence-corrected chi connectivity index (χ3v) is 12.2. The highest BCUT2D eigenvalue weighted by molar-refractivity contribution is 6.08. The van der Waals surface area contributed by atoms with E-state index in [-0.39, 0.29) is 47.4 Å². The average molecular weight is 637 g/mol. The highest BCUT2D eigenvalue weighted by Crippen LogP contribution is 2.59. The van der Waals surface area contributed by atoms with Crippen LogP contribution in [0.1, 0.15) is 94.1 Å². The van der Waals surface area contributed by atoms with E-state index < -0.39 is 29.6 Å². The second kappa shape index (κ2) is 12.3. The Morgan fingerprint density at radius 2 is 1.30 bits per heavy atom. The lowest BCUT2D eigenvalue weighted by atomic mass is 9.57. The van der Waals surface area contributed by atoms with Gasteiger partial charge >= 0.3 is 0 Å². The molecule has 6 atom stereocenters. The van der Waals surface area contributed by atoms with Crippen molar-refractivity contribution in [3.8, 4) is 11.5 Å². The van der Waals surface area contributed by atoms with Crippen LogP contribution in [0.2, 0.25) is 0 Å². The van der Waals surface area contributed by atoms with Crippen molar-refractivity contribution >= 4 is 23.6 Å². The Morgan fingerprint density at radius 1 is 0.681 bits per heavy atom. The van der Waals surface area contributed by atoms with Gasteiger partial charge in [0.05, 0.1) is 23.7 Å². The number of hydrogen-bond acceptors (Lipinski definition) is 6. The van der Waals surface area contributed by atoms with Crippen molar-refractivity contribution in [1.29, 1.82) is 0 Å². The van der Waals surface area contributed by atoms with E-state index in [2.05, 4.69) is 6.08 Å². The quantitative estimate of drug-likeness (QED) is 0.296. The molecule has 2 aliphatic heterocycles. The van der Waals surface area contributed by atoms with Crippen molar-refractivity contribution in [2.75, 3.05) is 0 Å². The first kappa shape index (κ1) is 30.4. The molecule has 2 aromatic carbocycles. The van der Waals surface area contributed by atoms with E-state index in [1.165, 1.54) is 0 Å². The van der Waals surface area contributed by atoms with Crippen molar-refractivity contribution in [3.63, 3.8) is 0 Å². The largest absolute Gasteiger partial charge is 0.508 e. The fourth-order valence-electron chi connectivity index (χ4n) is 10.0. The molecule has 0 aromatic heterocycles. The van der Waals surface area contributed by atoms with Gasteiger partial charge in [0.15, 0.2) is 0 Å². The van der Waals surface area contributed by atoms with Crippen molar-refractivity contribution in [2.45, 2.75) is 102 Å². The van der Waals surface area contributed by atoms with E-state index >= 15 is 0 Å². The summed E-state index contributed by atoms with van der Waals surface area (Å²) >= 11 is 0. The third-order valence-electron chi connectivity index (χ3n) is 12.2. The topological polar surface area (TPSA) is 104 Å². The molecule has 2 heterocycles. The Morgan fingerprint density at radius 3 is 1.94 bits per heavy atom. The summed E-state index contributed by atoms with van der Waals surface area (Å²) in [6.07, 6.45) is 12.5. The lowest BCUT2D eigenvalue weighted by Gasteiger charge is -2.44. The van der Waals surface area contributed by atoms with Crippen LogP contribution < -0.4 is 4.74 Å². The lowest BCUT2D eigenvalue weighted by molar-refractivity contribution is -0.145. The number of nitrogens with zero attached hydrogens (tertiary/aromatic N) is 2. The summed E-state index contributed by atoms with van der Waals surface area (Å²) in [5.41, 5.74) is 2.51. The van der Waals surface area contributed by atoms with E-state index in [1.807, 2.05) is 42.5 Å². The minimum absolute atomic E-state index is 0.0111. The maximum atomic E-state index is 14.4. The lowest BCUT2D eigenvalue weighted by Crippen LogP contribution is -2.44. The Hall–Kier alpha value is -3.94. The standard InChI is InChI=1S/C39H44N2O6/c42-32-20-26(47-22-23-10-4-1-5-11-23)16-17-28(32)33-27-18-19-29-34(38(45)40(36(29)43)24-12-6-2-7-13-24)30(27)21-31-35(33)39(46)41(37(31)44)25-14-8-3-9-15-25/h1,4-5,10-11,16-18,20,24-25,29-31,33-35,42H,2-3,6-9,12-15,19,21-22H2/t29-,30+,31+,33+,34-,35+/m0/s1. The smallest absolute Gasteiger partial charge is 0.234 e. The highest BCUT2D eigenvalue weighted by atomic mass is 16.5. The molecule has 1 N–H and O–H groups in total. The summed E-state index contributed by atoms with van der Waals surface area (Å²) in [6, 6.07) is 14.9. The van der Waals surface area contributed by atoms with Gasteiger partial charge in [0.25, 0.3) is 0 Å². The zero-order valence-electron chi connectivity index (χ0n) is 26.9.